The van der Waals surface area contributed by atoms with Crippen molar-refractivity contribution in [1.82, 2.24) is 10.2 Å². The second-order valence-corrected chi connectivity index (χ2v) is 5.60. The van der Waals surface area contributed by atoms with Gasteiger partial charge < -0.3 is 21.2 Å². The number of oxime groups is 1. The molecule has 1 rings (SSSR count). The molecule has 1 fully saturated rings. The van der Waals surface area contributed by atoms with Crippen LogP contribution in [0.3, 0.4) is 0 Å². The molecule has 1 aliphatic rings. The molecular formula is C12H26N4O. The summed E-state index contributed by atoms with van der Waals surface area (Å²) >= 11 is 0. The lowest BCUT2D eigenvalue weighted by atomic mass is 9.88. The molecule has 0 saturated carbocycles. The molecular weight excluding hydrogens is 216 g/mol. The van der Waals surface area contributed by atoms with Crippen LogP contribution in [-0.2, 0) is 0 Å². The molecule has 0 aromatic heterocycles. The lowest BCUT2D eigenvalue weighted by Crippen LogP contribution is -2.39. The molecule has 1 unspecified atom stereocenters. The van der Waals surface area contributed by atoms with Crippen LogP contribution in [0.4, 0.5) is 0 Å². The van der Waals surface area contributed by atoms with Crippen molar-refractivity contribution in [3.63, 3.8) is 0 Å². The molecule has 0 aliphatic carbocycles. The average Bonchev–Trinajstić information content (AvgIpc) is 2.69. The van der Waals surface area contributed by atoms with Crippen LogP contribution in [0, 0.1) is 5.41 Å². The summed E-state index contributed by atoms with van der Waals surface area (Å²) in [6, 6.07) is 0.668. The molecule has 0 radical (unpaired) electrons. The Kier molecular flexibility index (Phi) is 5.21. The number of likely N-dealkylation sites (N-methyl/N-ethyl adjacent to an activating group) is 1. The summed E-state index contributed by atoms with van der Waals surface area (Å²) in [5.74, 6) is 0.303. The van der Waals surface area contributed by atoms with Gasteiger partial charge in [-0.15, -0.1) is 0 Å². The molecule has 1 aliphatic heterocycles. The highest BCUT2D eigenvalue weighted by molar-refractivity contribution is 5.85. The van der Waals surface area contributed by atoms with E-state index in [-0.39, 0.29) is 5.41 Å². The van der Waals surface area contributed by atoms with Crippen molar-refractivity contribution in [3.8, 4) is 0 Å². The van der Waals surface area contributed by atoms with E-state index in [1.807, 2.05) is 13.8 Å². The predicted molar refractivity (Wildman–Crippen MR) is 70.3 cm³/mol. The predicted octanol–water partition coefficient (Wildman–Crippen LogP) is 0.833. The van der Waals surface area contributed by atoms with Gasteiger partial charge in [-0.05, 0) is 39.4 Å². The molecule has 1 heterocycles. The first-order chi connectivity index (χ1) is 7.97. The molecule has 1 atom stereocenters. The van der Waals surface area contributed by atoms with Crippen molar-refractivity contribution in [3.05, 3.63) is 0 Å². The summed E-state index contributed by atoms with van der Waals surface area (Å²) in [6.45, 7) is 7.12. The van der Waals surface area contributed by atoms with Gasteiger partial charge in [0.2, 0.25) is 0 Å². The number of nitrogens with two attached hydrogens (primary N) is 1. The Bertz CT molecular complexity index is 265. The number of amidine groups is 1. The first-order valence-electron chi connectivity index (χ1n) is 6.36. The normalized spacial score (nSPS) is 23.2. The molecule has 0 spiro atoms. The number of likely N-dealkylation sites (tertiary alicyclic amines) is 1. The number of rotatable bonds is 6. The SMILES string of the molecule is CN1CCCC1CNCCC(C)(C)C(N)=NO. The van der Waals surface area contributed by atoms with E-state index in [4.69, 9.17) is 10.9 Å². The molecule has 0 aromatic carbocycles. The highest BCUT2D eigenvalue weighted by atomic mass is 16.4. The van der Waals surface area contributed by atoms with Crippen molar-refractivity contribution in [2.45, 2.75) is 39.2 Å². The van der Waals surface area contributed by atoms with Crippen LogP contribution >= 0.6 is 0 Å². The third kappa shape index (κ3) is 4.16. The Morgan fingerprint density at radius 1 is 1.59 bits per heavy atom. The maximum atomic E-state index is 8.67. The third-order valence-electron chi connectivity index (χ3n) is 3.78. The number of nitrogens with one attached hydrogen (secondary N) is 1. The van der Waals surface area contributed by atoms with Crippen molar-refractivity contribution in [2.75, 3.05) is 26.7 Å². The minimum atomic E-state index is -0.247. The fraction of sp³-hybridized carbons (Fsp3) is 0.917. The van der Waals surface area contributed by atoms with E-state index in [1.54, 1.807) is 0 Å². The summed E-state index contributed by atoms with van der Waals surface area (Å²) in [5.41, 5.74) is 5.39. The molecule has 4 N–H and O–H groups in total. The lowest BCUT2D eigenvalue weighted by molar-refractivity contribution is 0.292. The van der Waals surface area contributed by atoms with Crippen molar-refractivity contribution in [2.24, 2.45) is 16.3 Å². The van der Waals surface area contributed by atoms with Gasteiger partial charge in [0.1, 0.15) is 5.84 Å². The zero-order chi connectivity index (χ0) is 12.9. The van der Waals surface area contributed by atoms with Crippen LogP contribution in [0.5, 0.6) is 0 Å². The maximum absolute atomic E-state index is 8.67. The summed E-state index contributed by atoms with van der Waals surface area (Å²) in [6.07, 6.45) is 3.46. The Labute approximate surface area is 104 Å². The van der Waals surface area contributed by atoms with Gasteiger partial charge in [-0.3, -0.25) is 0 Å². The van der Waals surface area contributed by atoms with Crippen molar-refractivity contribution < 1.29 is 5.21 Å². The van der Waals surface area contributed by atoms with Gasteiger partial charge in [0.25, 0.3) is 0 Å². The van der Waals surface area contributed by atoms with E-state index >= 15 is 0 Å². The van der Waals surface area contributed by atoms with Crippen LogP contribution in [0.1, 0.15) is 33.1 Å². The standard InChI is InChI=1S/C12H26N4O/c1-12(2,11(13)15-17)6-7-14-9-10-5-4-8-16(10)3/h10,14,17H,4-9H2,1-3H3,(H2,13,15). The van der Waals surface area contributed by atoms with Crippen LogP contribution < -0.4 is 11.1 Å². The van der Waals surface area contributed by atoms with E-state index in [1.165, 1.54) is 19.4 Å². The highest BCUT2D eigenvalue weighted by Crippen LogP contribution is 2.19. The number of hydrogen-bond donors (Lipinski definition) is 3. The average molecular weight is 242 g/mol. The van der Waals surface area contributed by atoms with Gasteiger partial charge in [0, 0.05) is 18.0 Å². The molecule has 0 bridgehead atoms. The molecule has 0 amide bonds. The summed E-state index contributed by atoms with van der Waals surface area (Å²) in [7, 11) is 2.18. The second-order valence-electron chi connectivity index (χ2n) is 5.60. The number of nitrogens with zero attached hydrogens (tertiary/aromatic N) is 2. The molecule has 1 saturated heterocycles. The van der Waals surface area contributed by atoms with E-state index in [0.717, 1.165) is 19.5 Å². The largest absolute Gasteiger partial charge is 0.409 e. The zero-order valence-corrected chi connectivity index (χ0v) is 11.2. The first kappa shape index (κ1) is 14.3. The van der Waals surface area contributed by atoms with E-state index < -0.39 is 0 Å². The quantitative estimate of drug-likeness (QED) is 0.212. The minimum absolute atomic E-state index is 0.247. The topological polar surface area (TPSA) is 73.9 Å². The lowest BCUT2D eigenvalue weighted by Gasteiger charge is -2.24. The molecule has 5 heteroatoms. The maximum Gasteiger partial charge on any atom is 0.144 e. The fourth-order valence-corrected chi connectivity index (χ4v) is 2.17. The van der Waals surface area contributed by atoms with Gasteiger partial charge in [0.05, 0.1) is 0 Å². The molecule has 0 aromatic rings. The van der Waals surface area contributed by atoms with Crippen molar-refractivity contribution >= 4 is 5.84 Å². The van der Waals surface area contributed by atoms with Gasteiger partial charge in [-0.1, -0.05) is 19.0 Å². The Hall–Kier alpha value is -0.810. The smallest absolute Gasteiger partial charge is 0.144 e. The Morgan fingerprint density at radius 2 is 2.29 bits per heavy atom. The summed E-state index contributed by atoms with van der Waals surface area (Å²) in [5, 5.41) is 15.2. The Morgan fingerprint density at radius 3 is 2.82 bits per heavy atom. The van der Waals surface area contributed by atoms with Crippen molar-refractivity contribution in [1.29, 1.82) is 0 Å². The summed E-state index contributed by atoms with van der Waals surface area (Å²) in [4.78, 5) is 2.40. The first-order valence-corrected chi connectivity index (χ1v) is 6.36. The van der Waals surface area contributed by atoms with Gasteiger partial charge in [-0.25, -0.2) is 0 Å². The van der Waals surface area contributed by atoms with E-state index in [9.17, 15) is 0 Å². The van der Waals surface area contributed by atoms with Gasteiger partial charge in [0.15, 0.2) is 0 Å². The third-order valence-corrected chi connectivity index (χ3v) is 3.78. The van der Waals surface area contributed by atoms with E-state index in [0.29, 0.717) is 11.9 Å². The number of hydrogen-bond acceptors (Lipinski definition) is 4. The van der Waals surface area contributed by atoms with Crippen LogP contribution in [0.15, 0.2) is 5.16 Å². The van der Waals surface area contributed by atoms with Gasteiger partial charge in [-0.2, -0.15) is 0 Å². The Balaban J connectivity index is 2.19. The van der Waals surface area contributed by atoms with Crippen LogP contribution in [0.25, 0.3) is 0 Å². The molecule has 5 nitrogen and oxygen atoms in total. The van der Waals surface area contributed by atoms with Crippen LogP contribution in [-0.4, -0.2) is 48.7 Å². The molecule has 100 valence electrons. The van der Waals surface area contributed by atoms with Crippen LogP contribution in [0.2, 0.25) is 0 Å². The fourth-order valence-electron chi connectivity index (χ4n) is 2.17. The van der Waals surface area contributed by atoms with Gasteiger partial charge >= 0.3 is 0 Å². The zero-order valence-electron chi connectivity index (χ0n) is 11.2. The minimum Gasteiger partial charge on any atom is -0.409 e. The highest BCUT2D eigenvalue weighted by Gasteiger charge is 2.24. The molecule has 17 heavy (non-hydrogen) atoms. The van der Waals surface area contributed by atoms with E-state index in [2.05, 4.69) is 22.4 Å². The second kappa shape index (κ2) is 6.21. The monoisotopic (exact) mass is 242 g/mol. The summed E-state index contributed by atoms with van der Waals surface area (Å²) < 4.78 is 0.